The van der Waals surface area contributed by atoms with Crippen LogP contribution >= 0.6 is 11.6 Å². The summed E-state index contributed by atoms with van der Waals surface area (Å²) in [6.07, 6.45) is 1.48. The van der Waals surface area contributed by atoms with Gasteiger partial charge in [-0.3, -0.25) is 0 Å². The molecule has 0 aliphatic carbocycles. The van der Waals surface area contributed by atoms with Crippen molar-refractivity contribution >= 4 is 28.7 Å². The van der Waals surface area contributed by atoms with Crippen LogP contribution in [0.2, 0.25) is 5.15 Å². The summed E-state index contributed by atoms with van der Waals surface area (Å²) in [5, 5.41) is 0.131. The summed E-state index contributed by atoms with van der Waals surface area (Å²) < 4.78 is 32.0. The van der Waals surface area contributed by atoms with E-state index < -0.39 is 5.82 Å². The lowest BCUT2D eigenvalue weighted by molar-refractivity contribution is 0.311. The number of halogens is 2. The van der Waals surface area contributed by atoms with Crippen LogP contribution in [-0.4, -0.2) is 40.8 Å². The molecule has 8 nitrogen and oxygen atoms in total. The molecule has 2 N–H and O–H groups in total. The molecular formula is C15H15ClFN5O3. The second-order valence-corrected chi connectivity index (χ2v) is 5.39. The van der Waals surface area contributed by atoms with Gasteiger partial charge in [0.2, 0.25) is 17.4 Å². The van der Waals surface area contributed by atoms with Crippen molar-refractivity contribution in [2.45, 2.75) is 6.54 Å². The highest BCUT2D eigenvalue weighted by molar-refractivity contribution is 6.33. The van der Waals surface area contributed by atoms with Gasteiger partial charge in [-0.2, -0.15) is 9.97 Å². The number of anilines is 1. The number of hydrogen-bond donors (Lipinski definition) is 1. The van der Waals surface area contributed by atoms with Crippen LogP contribution in [0.25, 0.3) is 11.2 Å². The van der Waals surface area contributed by atoms with Gasteiger partial charge < -0.3 is 24.5 Å². The molecule has 0 amide bonds. The van der Waals surface area contributed by atoms with E-state index in [0.717, 1.165) is 0 Å². The molecular weight excluding hydrogens is 353 g/mol. The van der Waals surface area contributed by atoms with Gasteiger partial charge in [0.1, 0.15) is 5.52 Å². The van der Waals surface area contributed by atoms with Crippen molar-refractivity contribution in [3.8, 4) is 17.2 Å². The first-order chi connectivity index (χ1) is 12.0. The maximum absolute atomic E-state index is 14.8. The number of methoxy groups -OCH3 is 3. The van der Waals surface area contributed by atoms with Crippen molar-refractivity contribution in [1.82, 2.24) is 19.5 Å². The molecule has 0 bridgehead atoms. The number of ether oxygens (including phenoxy) is 3. The minimum absolute atomic E-state index is 0.00427. The number of hydrogen-bond acceptors (Lipinski definition) is 7. The molecule has 0 saturated carbocycles. The van der Waals surface area contributed by atoms with Crippen LogP contribution in [-0.2, 0) is 6.54 Å². The standard InChI is InChI=1S/C15H15ClFN5O3/c1-23-8-4-7(9(17)12(25-3)11(8)24-2)5-22-6-19-10-13(16)20-15(18)21-14(10)22/h4,6H,5H2,1-3H3,(H2,18,20,21). The molecule has 0 fully saturated rings. The fourth-order valence-corrected chi connectivity index (χ4v) is 2.73. The highest BCUT2D eigenvalue weighted by Crippen LogP contribution is 2.41. The molecule has 1 aromatic carbocycles. The van der Waals surface area contributed by atoms with E-state index in [1.165, 1.54) is 33.7 Å². The van der Waals surface area contributed by atoms with E-state index >= 15 is 0 Å². The van der Waals surface area contributed by atoms with E-state index in [-0.39, 0.29) is 29.1 Å². The van der Waals surface area contributed by atoms with Gasteiger partial charge in [0.15, 0.2) is 22.4 Å². The van der Waals surface area contributed by atoms with E-state index in [1.54, 1.807) is 4.57 Å². The lowest BCUT2D eigenvalue weighted by Gasteiger charge is -2.16. The smallest absolute Gasteiger partial charge is 0.223 e. The Morgan fingerprint density at radius 3 is 2.52 bits per heavy atom. The van der Waals surface area contributed by atoms with Gasteiger partial charge in [0.05, 0.1) is 34.2 Å². The predicted molar refractivity (Wildman–Crippen MR) is 89.9 cm³/mol. The first-order valence-electron chi connectivity index (χ1n) is 7.11. The highest BCUT2D eigenvalue weighted by Gasteiger charge is 2.22. The van der Waals surface area contributed by atoms with Gasteiger partial charge in [-0.05, 0) is 6.07 Å². The topological polar surface area (TPSA) is 97.3 Å². The van der Waals surface area contributed by atoms with Gasteiger partial charge in [-0.15, -0.1) is 0 Å². The van der Waals surface area contributed by atoms with Gasteiger partial charge in [-0.1, -0.05) is 11.6 Å². The number of nitrogen functional groups attached to an aromatic ring is 1. The predicted octanol–water partition coefficient (Wildman–Crippen LogP) is 2.28. The fourth-order valence-electron chi connectivity index (χ4n) is 2.51. The molecule has 25 heavy (non-hydrogen) atoms. The van der Waals surface area contributed by atoms with Crippen molar-refractivity contribution < 1.29 is 18.6 Å². The number of rotatable bonds is 5. The second kappa shape index (κ2) is 6.60. The van der Waals surface area contributed by atoms with Crippen molar-refractivity contribution in [3.05, 3.63) is 28.9 Å². The zero-order valence-electron chi connectivity index (χ0n) is 13.7. The minimum Gasteiger partial charge on any atom is -0.493 e. The Labute approximate surface area is 147 Å². The molecule has 2 heterocycles. The highest BCUT2D eigenvalue weighted by atomic mass is 35.5. The van der Waals surface area contributed by atoms with E-state index in [9.17, 15) is 4.39 Å². The van der Waals surface area contributed by atoms with Crippen molar-refractivity contribution in [1.29, 1.82) is 0 Å². The lowest BCUT2D eigenvalue weighted by Crippen LogP contribution is -2.06. The zero-order valence-corrected chi connectivity index (χ0v) is 14.5. The van der Waals surface area contributed by atoms with Crippen LogP contribution < -0.4 is 19.9 Å². The molecule has 2 aromatic heterocycles. The largest absolute Gasteiger partial charge is 0.493 e. The summed E-state index contributed by atoms with van der Waals surface area (Å²) in [6.45, 7) is 0.103. The number of aromatic nitrogens is 4. The first kappa shape index (κ1) is 17.0. The average molecular weight is 368 g/mol. The lowest BCUT2D eigenvalue weighted by atomic mass is 10.1. The van der Waals surface area contributed by atoms with Crippen LogP contribution in [0.3, 0.4) is 0 Å². The molecule has 0 unspecified atom stereocenters. The third-order valence-electron chi connectivity index (χ3n) is 3.62. The summed E-state index contributed by atoms with van der Waals surface area (Å²) in [7, 11) is 4.22. The Kier molecular flexibility index (Phi) is 4.49. The van der Waals surface area contributed by atoms with Gasteiger partial charge >= 0.3 is 0 Å². The quantitative estimate of drug-likeness (QED) is 0.691. The van der Waals surface area contributed by atoms with Gasteiger partial charge in [-0.25, -0.2) is 9.37 Å². The van der Waals surface area contributed by atoms with Crippen LogP contribution in [0.1, 0.15) is 5.56 Å². The van der Waals surface area contributed by atoms with Crippen molar-refractivity contribution in [3.63, 3.8) is 0 Å². The molecule has 3 rings (SSSR count). The molecule has 0 spiro atoms. The van der Waals surface area contributed by atoms with Crippen molar-refractivity contribution in [2.75, 3.05) is 27.1 Å². The molecule has 10 heteroatoms. The van der Waals surface area contributed by atoms with Crippen LogP contribution in [0.5, 0.6) is 17.2 Å². The second-order valence-electron chi connectivity index (χ2n) is 5.04. The molecule has 0 aliphatic rings. The summed E-state index contributed by atoms with van der Waals surface area (Å²) in [4.78, 5) is 12.1. The Hall–Kier alpha value is -2.81. The van der Waals surface area contributed by atoms with Gasteiger partial charge in [0.25, 0.3) is 0 Å². The van der Waals surface area contributed by atoms with E-state index in [1.807, 2.05) is 0 Å². The van der Waals surface area contributed by atoms with Crippen LogP contribution in [0, 0.1) is 5.82 Å². The SMILES string of the molecule is COc1cc(Cn2cnc3c(Cl)nc(N)nc32)c(F)c(OC)c1OC. The molecule has 0 saturated heterocycles. The number of nitrogens with two attached hydrogens (primary N) is 1. The van der Waals surface area contributed by atoms with Crippen molar-refractivity contribution in [2.24, 2.45) is 0 Å². The Bertz CT molecular complexity index is 947. The van der Waals surface area contributed by atoms with Crippen LogP contribution in [0.4, 0.5) is 10.3 Å². The molecule has 0 aliphatic heterocycles. The molecule has 0 atom stereocenters. The van der Waals surface area contributed by atoms with E-state index in [2.05, 4.69) is 15.0 Å². The number of imidazole rings is 1. The Morgan fingerprint density at radius 2 is 1.88 bits per heavy atom. The third kappa shape index (κ3) is 2.86. The summed E-state index contributed by atoms with van der Waals surface area (Å²) in [5.41, 5.74) is 6.69. The molecule has 3 aromatic rings. The normalized spacial score (nSPS) is 10.9. The van der Waals surface area contributed by atoms with Crippen LogP contribution in [0.15, 0.2) is 12.4 Å². The Morgan fingerprint density at radius 1 is 1.16 bits per heavy atom. The van der Waals surface area contributed by atoms with E-state index in [4.69, 9.17) is 31.5 Å². The minimum atomic E-state index is -0.574. The summed E-state index contributed by atoms with van der Waals surface area (Å²) in [5.74, 6) is -0.100. The maximum Gasteiger partial charge on any atom is 0.223 e. The fraction of sp³-hybridized carbons (Fsp3) is 0.267. The zero-order chi connectivity index (χ0) is 18.1. The maximum atomic E-state index is 14.8. The Balaban J connectivity index is 2.12. The number of nitrogens with zero attached hydrogens (tertiary/aromatic N) is 4. The molecule has 0 radical (unpaired) electrons. The van der Waals surface area contributed by atoms with E-state index in [0.29, 0.717) is 22.5 Å². The summed E-state index contributed by atoms with van der Waals surface area (Å²) in [6, 6.07) is 1.52. The monoisotopic (exact) mass is 367 g/mol. The first-order valence-corrected chi connectivity index (χ1v) is 7.49. The average Bonchev–Trinajstić information content (AvgIpc) is 2.99. The summed E-state index contributed by atoms with van der Waals surface area (Å²) >= 11 is 6.01. The molecule has 132 valence electrons. The number of benzene rings is 1. The number of fused-ring (bicyclic) bond motifs is 1. The van der Waals surface area contributed by atoms with Gasteiger partial charge in [0, 0.05) is 5.56 Å². The third-order valence-corrected chi connectivity index (χ3v) is 3.89.